The summed E-state index contributed by atoms with van der Waals surface area (Å²) < 4.78 is 14.0. The van der Waals surface area contributed by atoms with E-state index in [0.29, 0.717) is 11.5 Å². The molecule has 1 saturated heterocycles. The van der Waals surface area contributed by atoms with Crippen LogP contribution in [0.1, 0.15) is 51.7 Å². The van der Waals surface area contributed by atoms with Crippen molar-refractivity contribution in [2.24, 2.45) is 11.8 Å². The Morgan fingerprint density at radius 3 is 2.60 bits per heavy atom. The minimum Gasteiger partial charge on any atom is -0.389 e. The van der Waals surface area contributed by atoms with E-state index < -0.39 is 6.10 Å². The largest absolute Gasteiger partial charge is 0.389 e. The van der Waals surface area contributed by atoms with E-state index in [-0.39, 0.29) is 5.82 Å². The summed E-state index contributed by atoms with van der Waals surface area (Å²) in [7, 11) is 0. The summed E-state index contributed by atoms with van der Waals surface area (Å²) in [5, 5.41) is 9.86. The van der Waals surface area contributed by atoms with Crippen molar-refractivity contribution in [1.29, 1.82) is 0 Å². The molecule has 0 bridgehead atoms. The number of nitrogens with zero attached hydrogens (tertiary/aromatic N) is 1. The zero-order valence-electron chi connectivity index (χ0n) is 12.8. The van der Waals surface area contributed by atoms with E-state index >= 15 is 0 Å². The third kappa shape index (κ3) is 3.32. The van der Waals surface area contributed by atoms with Gasteiger partial charge in [-0.15, -0.1) is 0 Å². The van der Waals surface area contributed by atoms with E-state index in [0.717, 1.165) is 37.5 Å². The van der Waals surface area contributed by atoms with Crippen molar-refractivity contribution in [3.63, 3.8) is 0 Å². The highest BCUT2D eigenvalue weighted by Gasteiger charge is 2.23. The molecule has 1 aromatic rings. The Balaban J connectivity index is 2.22. The van der Waals surface area contributed by atoms with Crippen LogP contribution in [0.5, 0.6) is 0 Å². The van der Waals surface area contributed by atoms with Gasteiger partial charge in [-0.3, -0.25) is 0 Å². The zero-order chi connectivity index (χ0) is 14.7. The molecule has 2 rings (SSSR count). The summed E-state index contributed by atoms with van der Waals surface area (Å²) in [6, 6.07) is 5.10. The lowest BCUT2D eigenvalue weighted by atomic mass is 9.89. The maximum atomic E-state index is 14.0. The second kappa shape index (κ2) is 6.57. The van der Waals surface area contributed by atoms with Crippen LogP contribution in [0.15, 0.2) is 18.2 Å². The van der Waals surface area contributed by atoms with E-state index in [4.69, 9.17) is 0 Å². The molecule has 2 nitrogen and oxygen atoms in total. The Morgan fingerprint density at radius 2 is 1.95 bits per heavy atom. The third-order valence-corrected chi connectivity index (χ3v) is 4.50. The second-order valence-electron chi connectivity index (χ2n) is 6.27. The lowest BCUT2D eigenvalue weighted by Gasteiger charge is -2.27. The normalized spacial score (nSPS) is 21.9. The van der Waals surface area contributed by atoms with Gasteiger partial charge >= 0.3 is 0 Å². The number of halogens is 1. The van der Waals surface area contributed by atoms with Crippen molar-refractivity contribution in [1.82, 2.24) is 0 Å². The number of anilines is 1. The molecular weight excluding hydrogens is 253 g/mol. The van der Waals surface area contributed by atoms with Crippen molar-refractivity contribution in [2.75, 3.05) is 18.0 Å². The Labute approximate surface area is 121 Å². The van der Waals surface area contributed by atoms with Crippen molar-refractivity contribution >= 4 is 5.69 Å². The number of aliphatic hydroxyl groups is 1. The molecule has 112 valence electrons. The Hall–Kier alpha value is -1.09. The first kappa shape index (κ1) is 15.3. The van der Waals surface area contributed by atoms with E-state index in [1.54, 1.807) is 13.0 Å². The van der Waals surface area contributed by atoms with Crippen LogP contribution in [0.25, 0.3) is 0 Å². The van der Waals surface area contributed by atoms with Crippen molar-refractivity contribution in [3.05, 3.63) is 29.6 Å². The van der Waals surface area contributed by atoms with Gasteiger partial charge in [-0.1, -0.05) is 19.9 Å². The summed E-state index contributed by atoms with van der Waals surface area (Å²) >= 11 is 0. The number of rotatable bonds is 3. The molecular formula is C17H26FNO. The maximum Gasteiger partial charge on any atom is 0.131 e. The molecule has 1 heterocycles. The first-order valence-corrected chi connectivity index (χ1v) is 7.72. The summed E-state index contributed by atoms with van der Waals surface area (Å²) in [5.41, 5.74) is 1.31. The Morgan fingerprint density at radius 1 is 1.20 bits per heavy atom. The van der Waals surface area contributed by atoms with Crippen LogP contribution in [-0.4, -0.2) is 18.2 Å². The molecule has 1 aliphatic heterocycles. The molecule has 0 spiro atoms. The predicted molar refractivity (Wildman–Crippen MR) is 81.4 cm³/mol. The van der Waals surface area contributed by atoms with Gasteiger partial charge in [-0.05, 0) is 50.2 Å². The van der Waals surface area contributed by atoms with Crippen LogP contribution in [0.3, 0.4) is 0 Å². The van der Waals surface area contributed by atoms with Gasteiger partial charge in [0.1, 0.15) is 5.82 Å². The zero-order valence-corrected chi connectivity index (χ0v) is 12.8. The quantitative estimate of drug-likeness (QED) is 0.898. The van der Waals surface area contributed by atoms with E-state index in [1.807, 2.05) is 6.07 Å². The molecule has 1 fully saturated rings. The number of hydrogen-bond donors (Lipinski definition) is 1. The van der Waals surface area contributed by atoms with E-state index in [2.05, 4.69) is 18.7 Å². The standard InChI is InChI=1S/C17H26FNO/c1-12(2)14-6-5-10-19(11-9-14)16-8-4-7-15(18)17(16)13(3)20/h4,7-8,12-14,20H,5-6,9-11H2,1-3H3/t13-,14?/m0/s1. The van der Waals surface area contributed by atoms with Gasteiger partial charge in [-0.25, -0.2) is 4.39 Å². The highest BCUT2D eigenvalue weighted by atomic mass is 19.1. The molecule has 0 amide bonds. The van der Waals surface area contributed by atoms with E-state index in [1.165, 1.54) is 12.5 Å². The highest BCUT2D eigenvalue weighted by molar-refractivity contribution is 5.55. The van der Waals surface area contributed by atoms with Crippen LogP contribution in [0, 0.1) is 17.7 Å². The van der Waals surface area contributed by atoms with Gasteiger partial charge in [0.25, 0.3) is 0 Å². The fourth-order valence-electron chi connectivity index (χ4n) is 3.24. The van der Waals surface area contributed by atoms with Crippen molar-refractivity contribution in [3.8, 4) is 0 Å². The van der Waals surface area contributed by atoms with Gasteiger partial charge in [0.2, 0.25) is 0 Å². The topological polar surface area (TPSA) is 23.5 Å². The summed E-state index contributed by atoms with van der Waals surface area (Å²) in [4.78, 5) is 2.24. The van der Waals surface area contributed by atoms with Crippen LogP contribution in [0.2, 0.25) is 0 Å². The molecule has 1 unspecified atom stereocenters. The van der Waals surface area contributed by atoms with Gasteiger partial charge in [0, 0.05) is 24.3 Å². The van der Waals surface area contributed by atoms with Gasteiger partial charge in [-0.2, -0.15) is 0 Å². The molecule has 0 aliphatic carbocycles. The van der Waals surface area contributed by atoms with E-state index in [9.17, 15) is 9.50 Å². The molecule has 0 aromatic heterocycles. The monoisotopic (exact) mass is 279 g/mol. The number of aliphatic hydroxyl groups excluding tert-OH is 1. The van der Waals surface area contributed by atoms with Crippen LogP contribution in [-0.2, 0) is 0 Å². The fourth-order valence-corrected chi connectivity index (χ4v) is 3.24. The predicted octanol–water partition coefficient (Wildman–Crippen LogP) is 4.14. The highest BCUT2D eigenvalue weighted by Crippen LogP contribution is 2.32. The molecule has 1 N–H and O–H groups in total. The van der Waals surface area contributed by atoms with Gasteiger partial charge in [0.05, 0.1) is 6.10 Å². The SMILES string of the molecule is CC(C)C1CCCN(c2cccc(F)c2[C@H](C)O)CC1. The van der Waals surface area contributed by atoms with Crippen LogP contribution in [0.4, 0.5) is 10.1 Å². The minimum atomic E-state index is -0.768. The van der Waals surface area contributed by atoms with Crippen molar-refractivity contribution in [2.45, 2.75) is 46.1 Å². The first-order valence-electron chi connectivity index (χ1n) is 7.72. The first-order chi connectivity index (χ1) is 9.50. The summed E-state index contributed by atoms with van der Waals surface area (Å²) in [6.07, 6.45) is 2.76. The lowest BCUT2D eigenvalue weighted by molar-refractivity contribution is 0.194. The lowest BCUT2D eigenvalue weighted by Crippen LogP contribution is -2.26. The molecule has 0 saturated carbocycles. The molecule has 1 aliphatic rings. The average Bonchev–Trinajstić information content (AvgIpc) is 2.63. The smallest absolute Gasteiger partial charge is 0.131 e. The molecule has 3 heteroatoms. The second-order valence-corrected chi connectivity index (χ2v) is 6.27. The number of benzene rings is 1. The Kier molecular flexibility index (Phi) is 5.03. The van der Waals surface area contributed by atoms with Crippen LogP contribution >= 0.6 is 0 Å². The molecule has 1 aromatic carbocycles. The van der Waals surface area contributed by atoms with Gasteiger partial charge in [0.15, 0.2) is 0 Å². The van der Waals surface area contributed by atoms with Gasteiger partial charge < -0.3 is 10.0 Å². The third-order valence-electron chi connectivity index (χ3n) is 4.50. The summed E-state index contributed by atoms with van der Waals surface area (Å²) in [6.45, 7) is 8.10. The molecule has 0 radical (unpaired) electrons. The molecule has 2 atom stereocenters. The van der Waals surface area contributed by atoms with Crippen LogP contribution < -0.4 is 4.90 Å². The minimum absolute atomic E-state index is 0.304. The summed E-state index contributed by atoms with van der Waals surface area (Å²) in [5.74, 6) is 1.16. The van der Waals surface area contributed by atoms with Crippen molar-refractivity contribution < 1.29 is 9.50 Å². The maximum absolute atomic E-state index is 14.0. The average molecular weight is 279 g/mol. The Bertz CT molecular complexity index is 445. The fraction of sp³-hybridized carbons (Fsp3) is 0.647. The number of hydrogen-bond acceptors (Lipinski definition) is 2. The molecule has 20 heavy (non-hydrogen) atoms.